The van der Waals surface area contributed by atoms with Crippen molar-refractivity contribution in [2.75, 3.05) is 12.4 Å². The maximum absolute atomic E-state index is 9.32. The second-order valence-electron chi connectivity index (χ2n) is 1.90. The molecule has 12 heavy (non-hydrogen) atoms. The van der Waals surface area contributed by atoms with Crippen LogP contribution in [-0.4, -0.2) is 17.3 Å². The molecule has 0 spiro atoms. The highest BCUT2D eigenvalue weighted by molar-refractivity contribution is 6.17. The normalized spacial score (nSPS) is 8.08. The number of hydrogen-bond acceptors (Lipinski definition) is 2. The summed E-state index contributed by atoms with van der Waals surface area (Å²) < 4.78 is 0. The van der Waals surface area contributed by atoms with Gasteiger partial charge in [0.2, 0.25) is 6.54 Å². The fourth-order valence-corrected chi connectivity index (χ4v) is 0.592. The number of nitro groups is 1. The van der Waals surface area contributed by atoms with Crippen molar-refractivity contribution in [3.05, 3.63) is 46.5 Å². The molecular weight excluding hydrogens is 178 g/mol. The van der Waals surface area contributed by atoms with E-state index in [4.69, 9.17) is 11.6 Å². The Hall–Kier alpha value is -1.09. The summed E-state index contributed by atoms with van der Waals surface area (Å²) in [7, 11) is 0. The average Bonchev–Trinajstić information content (AvgIpc) is 2.08. The van der Waals surface area contributed by atoms with Gasteiger partial charge < -0.3 is 0 Å². The SMILES string of the molecule is O=[N+]([O-])CCCl.c1ccccc1. The molecule has 0 saturated heterocycles. The third-order valence-corrected chi connectivity index (χ3v) is 1.10. The first-order chi connectivity index (χ1) is 5.77. The number of hydrogen-bond donors (Lipinski definition) is 0. The molecule has 66 valence electrons. The van der Waals surface area contributed by atoms with Gasteiger partial charge >= 0.3 is 0 Å². The van der Waals surface area contributed by atoms with Crippen LogP contribution in [0, 0.1) is 10.1 Å². The first kappa shape index (κ1) is 10.9. The lowest BCUT2D eigenvalue weighted by atomic mass is 10.4. The van der Waals surface area contributed by atoms with Gasteiger partial charge in [-0.15, -0.1) is 11.6 Å². The van der Waals surface area contributed by atoms with Crippen LogP contribution in [0.25, 0.3) is 0 Å². The molecule has 0 aromatic heterocycles. The second kappa shape index (κ2) is 8.01. The van der Waals surface area contributed by atoms with Crippen molar-refractivity contribution < 1.29 is 4.92 Å². The molecule has 0 bridgehead atoms. The van der Waals surface area contributed by atoms with Gasteiger partial charge in [-0.2, -0.15) is 0 Å². The number of nitrogens with zero attached hydrogens (tertiary/aromatic N) is 1. The Kier molecular flexibility index (Phi) is 7.28. The Balaban J connectivity index is 0.000000202. The van der Waals surface area contributed by atoms with Gasteiger partial charge in [-0.3, -0.25) is 10.1 Å². The van der Waals surface area contributed by atoms with Crippen LogP contribution in [0.2, 0.25) is 0 Å². The van der Waals surface area contributed by atoms with Gasteiger partial charge in [0.25, 0.3) is 0 Å². The predicted octanol–water partition coefficient (Wildman–Crippen LogP) is 2.19. The molecule has 0 heterocycles. The van der Waals surface area contributed by atoms with E-state index < -0.39 is 4.92 Å². The zero-order valence-electron chi connectivity index (χ0n) is 6.52. The minimum absolute atomic E-state index is 0.104. The highest BCUT2D eigenvalue weighted by atomic mass is 35.5. The first-order valence-corrected chi connectivity index (χ1v) is 3.98. The lowest BCUT2D eigenvalue weighted by Gasteiger charge is -1.79. The summed E-state index contributed by atoms with van der Waals surface area (Å²) in [6.07, 6.45) is 0. The van der Waals surface area contributed by atoms with Crippen molar-refractivity contribution in [1.29, 1.82) is 0 Å². The summed E-state index contributed by atoms with van der Waals surface area (Å²) in [6.45, 7) is -0.137. The number of alkyl halides is 1. The van der Waals surface area contributed by atoms with E-state index in [1.807, 2.05) is 36.4 Å². The van der Waals surface area contributed by atoms with E-state index in [0.717, 1.165) is 0 Å². The number of rotatable bonds is 2. The minimum atomic E-state index is -0.451. The minimum Gasteiger partial charge on any atom is -0.265 e. The third-order valence-electron chi connectivity index (χ3n) is 0.934. The van der Waals surface area contributed by atoms with Crippen LogP contribution in [0.3, 0.4) is 0 Å². The van der Waals surface area contributed by atoms with Crippen molar-refractivity contribution >= 4 is 11.6 Å². The van der Waals surface area contributed by atoms with Gasteiger partial charge in [-0.05, 0) is 0 Å². The van der Waals surface area contributed by atoms with Gasteiger partial charge in [0, 0.05) is 4.92 Å². The smallest absolute Gasteiger partial charge is 0.217 e. The monoisotopic (exact) mass is 187 g/mol. The fourth-order valence-electron chi connectivity index (χ4n) is 0.454. The first-order valence-electron chi connectivity index (χ1n) is 3.45. The molecule has 0 saturated carbocycles. The van der Waals surface area contributed by atoms with Gasteiger partial charge in [0.1, 0.15) is 0 Å². The molecule has 0 atom stereocenters. The summed E-state index contributed by atoms with van der Waals surface area (Å²) >= 11 is 4.95. The van der Waals surface area contributed by atoms with E-state index in [1.54, 1.807) is 0 Å². The van der Waals surface area contributed by atoms with E-state index >= 15 is 0 Å². The van der Waals surface area contributed by atoms with Crippen molar-refractivity contribution in [2.45, 2.75) is 0 Å². The molecule has 0 aliphatic heterocycles. The van der Waals surface area contributed by atoms with Crippen molar-refractivity contribution in [3.63, 3.8) is 0 Å². The second-order valence-corrected chi connectivity index (χ2v) is 2.28. The molecule has 0 radical (unpaired) electrons. The molecule has 4 heteroatoms. The van der Waals surface area contributed by atoms with E-state index in [0.29, 0.717) is 0 Å². The zero-order valence-corrected chi connectivity index (χ0v) is 7.28. The molecule has 3 nitrogen and oxygen atoms in total. The van der Waals surface area contributed by atoms with Crippen LogP contribution in [0.1, 0.15) is 0 Å². The van der Waals surface area contributed by atoms with Crippen LogP contribution in [-0.2, 0) is 0 Å². The molecule has 1 rings (SSSR count). The summed E-state index contributed by atoms with van der Waals surface area (Å²) in [6, 6.07) is 12.0. The summed E-state index contributed by atoms with van der Waals surface area (Å²) in [4.78, 5) is 8.87. The van der Waals surface area contributed by atoms with E-state index in [-0.39, 0.29) is 12.4 Å². The standard InChI is InChI=1S/C6H6.C2H4ClNO2/c1-2-4-6-5-3-1;3-1-2-4(5)6/h1-6H;1-2H2. The molecule has 0 N–H and O–H groups in total. The van der Waals surface area contributed by atoms with E-state index in [2.05, 4.69) is 0 Å². The largest absolute Gasteiger partial charge is 0.265 e. The van der Waals surface area contributed by atoms with Crippen LogP contribution >= 0.6 is 11.6 Å². The Morgan fingerprint density at radius 3 is 1.50 bits per heavy atom. The number of halogens is 1. The Labute approximate surface area is 76.1 Å². The van der Waals surface area contributed by atoms with Crippen LogP contribution in [0.4, 0.5) is 0 Å². The molecule has 1 aromatic rings. The third kappa shape index (κ3) is 8.91. The lowest BCUT2D eigenvalue weighted by Crippen LogP contribution is -2.00. The zero-order chi connectivity index (χ0) is 9.23. The van der Waals surface area contributed by atoms with Crippen molar-refractivity contribution in [3.8, 4) is 0 Å². The Bertz CT molecular complexity index is 177. The number of benzene rings is 1. The van der Waals surface area contributed by atoms with E-state index in [1.165, 1.54) is 0 Å². The maximum Gasteiger partial charge on any atom is 0.217 e. The topological polar surface area (TPSA) is 43.1 Å². The highest BCUT2D eigenvalue weighted by Gasteiger charge is 1.87. The molecule has 0 aliphatic carbocycles. The highest BCUT2D eigenvalue weighted by Crippen LogP contribution is 1.79. The average molecular weight is 188 g/mol. The Morgan fingerprint density at radius 2 is 1.42 bits per heavy atom. The van der Waals surface area contributed by atoms with Crippen molar-refractivity contribution in [2.24, 2.45) is 0 Å². The quantitative estimate of drug-likeness (QED) is 0.405. The summed E-state index contributed by atoms with van der Waals surface area (Å²) in [5, 5.41) is 9.32. The lowest BCUT2D eigenvalue weighted by molar-refractivity contribution is -0.474. The van der Waals surface area contributed by atoms with E-state index in [9.17, 15) is 10.1 Å². The maximum atomic E-state index is 9.32. The predicted molar refractivity (Wildman–Crippen MR) is 49.0 cm³/mol. The van der Waals surface area contributed by atoms with Crippen LogP contribution in [0.15, 0.2) is 36.4 Å². The molecule has 0 unspecified atom stereocenters. The van der Waals surface area contributed by atoms with Gasteiger partial charge in [0.05, 0.1) is 5.88 Å². The molecule has 0 fully saturated rings. The summed E-state index contributed by atoms with van der Waals surface area (Å²) in [5.41, 5.74) is 0. The molecule has 0 aliphatic rings. The summed E-state index contributed by atoms with van der Waals surface area (Å²) in [5.74, 6) is 0.104. The Morgan fingerprint density at radius 1 is 1.08 bits per heavy atom. The van der Waals surface area contributed by atoms with Gasteiger partial charge in [-0.1, -0.05) is 36.4 Å². The van der Waals surface area contributed by atoms with Gasteiger partial charge in [-0.25, -0.2) is 0 Å². The molecule has 0 amide bonds. The molecular formula is C8H10ClNO2. The van der Waals surface area contributed by atoms with Crippen LogP contribution < -0.4 is 0 Å². The van der Waals surface area contributed by atoms with Crippen molar-refractivity contribution in [1.82, 2.24) is 0 Å². The molecule has 1 aromatic carbocycles. The fraction of sp³-hybridized carbons (Fsp3) is 0.250. The van der Waals surface area contributed by atoms with Crippen LogP contribution in [0.5, 0.6) is 0 Å². The van der Waals surface area contributed by atoms with Gasteiger partial charge in [0.15, 0.2) is 0 Å².